The van der Waals surface area contributed by atoms with Gasteiger partial charge < -0.3 is 4.90 Å². The number of rotatable bonds is 2. The zero-order chi connectivity index (χ0) is 16.8. The van der Waals surface area contributed by atoms with E-state index < -0.39 is 9.84 Å². The summed E-state index contributed by atoms with van der Waals surface area (Å²) in [5, 5.41) is 1.04. The number of fused-ring (bicyclic) bond motifs is 1. The molecular formula is C14H14Cl2N2O3S2. The molecule has 0 N–H and O–H groups in total. The summed E-state index contributed by atoms with van der Waals surface area (Å²) in [5.74, 6) is -0.151. The Balaban J connectivity index is 2.09. The lowest BCUT2D eigenvalue weighted by Gasteiger charge is -2.25. The van der Waals surface area contributed by atoms with Crippen LogP contribution in [0, 0.1) is 0 Å². The van der Waals surface area contributed by atoms with Crippen LogP contribution in [0.2, 0.25) is 10.0 Å². The monoisotopic (exact) mass is 392 g/mol. The highest BCUT2D eigenvalue weighted by molar-refractivity contribution is 8.16. The molecule has 1 aromatic carbocycles. The highest BCUT2D eigenvalue weighted by Crippen LogP contribution is 2.44. The first-order valence-electron chi connectivity index (χ1n) is 7.04. The molecule has 0 aromatic heterocycles. The Hall–Kier alpha value is -0.760. The van der Waals surface area contributed by atoms with E-state index in [1.54, 1.807) is 30.0 Å². The number of sulfone groups is 1. The predicted molar refractivity (Wildman–Crippen MR) is 95.5 cm³/mol. The van der Waals surface area contributed by atoms with Crippen molar-refractivity contribution in [2.24, 2.45) is 4.99 Å². The first-order valence-corrected chi connectivity index (χ1v) is 10.5. The molecule has 0 bridgehead atoms. The van der Waals surface area contributed by atoms with Gasteiger partial charge >= 0.3 is 0 Å². The molecule has 2 aliphatic rings. The largest absolute Gasteiger partial charge is 0.314 e. The smallest absolute Gasteiger partial charge is 0.247 e. The van der Waals surface area contributed by atoms with Gasteiger partial charge in [0.2, 0.25) is 5.91 Å². The first-order chi connectivity index (χ1) is 10.8. The fourth-order valence-electron chi connectivity index (χ4n) is 2.71. The number of halogens is 2. The molecule has 0 unspecified atom stereocenters. The highest BCUT2D eigenvalue weighted by atomic mass is 35.5. The second-order valence-electron chi connectivity index (χ2n) is 5.39. The van der Waals surface area contributed by atoms with Gasteiger partial charge in [0.15, 0.2) is 15.0 Å². The topological polar surface area (TPSA) is 66.8 Å². The quantitative estimate of drug-likeness (QED) is 0.773. The summed E-state index contributed by atoms with van der Waals surface area (Å²) < 4.78 is 23.9. The molecule has 3 rings (SSSR count). The van der Waals surface area contributed by atoms with Gasteiger partial charge in [0.05, 0.1) is 33.3 Å². The summed E-state index contributed by atoms with van der Waals surface area (Å²) in [6, 6.07) is 4.87. The normalized spacial score (nSPS) is 27.4. The Bertz CT molecular complexity index is 795. The van der Waals surface area contributed by atoms with Gasteiger partial charge in [0, 0.05) is 11.7 Å². The van der Waals surface area contributed by atoms with Crippen LogP contribution in [0.25, 0.3) is 0 Å². The summed E-state index contributed by atoms with van der Waals surface area (Å²) in [4.78, 5) is 17.6. The maximum atomic E-state index is 12.0. The van der Waals surface area contributed by atoms with Gasteiger partial charge in [-0.15, -0.1) is 0 Å². The number of anilines is 1. The van der Waals surface area contributed by atoms with Crippen LogP contribution in [0.15, 0.2) is 23.2 Å². The van der Waals surface area contributed by atoms with E-state index in [4.69, 9.17) is 23.2 Å². The fraction of sp³-hybridized carbons (Fsp3) is 0.429. The zero-order valence-corrected chi connectivity index (χ0v) is 15.3. The van der Waals surface area contributed by atoms with Gasteiger partial charge in [0.25, 0.3) is 0 Å². The van der Waals surface area contributed by atoms with Gasteiger partial charge in [-0.05, 0) is 12.1 Å². The van der Waals surface area contributed by atoms with E-state index in [9.17, 15) is 13.2 Å². The van der Waals surface area contributed by atoms with Gasteiger partial charge in [-0.3, -0.25) is 4.79 Å². The molecule has 1 aromatic rings. The number of carbonyl (C=O) groups is 1. The molecule has 1 amide bonds. The number of hydrogen-bond acceptors (Lipinski definition) is 4. The molecule has 0 spiro atoms. The Morgan fingerprint density at radius 1 is 1.39 bits per heavy atom. The van der Waals surface area contributed by atoms with E-state index in [2.05, 4.69) is 4.99 Å². The molecule has 23 heavy (non-hydrogen) atoms. The number of hydrogen-bond donors (Lipinski definition) is 0. The Morgan fingerprint density at radius 2 is 2.13 bits per heavy atom. The number of aliphatic imine (C=N–C) groups is 1. The fourth-order valence-corrected chi connectivity index (χ4v) is 7.02. The van der Waals surface area contributed by atoms with E-state index in [-0.39, 0.29) is 35.1 Å². The van der Waals surface area contributed by atoms with E-state index in [1.807, 2.05) is 0 Å². The predicted octanol–water partition coefficient (Wildman–Crippen LogP) is 3.00. The molecule has 0 saturated carbocycles. The number of benzene rings is 1. The SMILES string of the molecule is CCC(=O)N=C1S[C@H]2CS(=O)(=O)C[C@H]2N1c1cccc(Cl)c1Cl. The Kier molecular flexibility index (Phi) is 4.66. The van der Waals surface area contributed by atoms with Crippen molar-refractivity contribution in [1.29, 1.82) is 0 Å². The van der Waals surface area contributed by atoms with Crippen molar-refractivity contribution in [3.05, 3.63) is 28.2 Å². The number of amidine groups is 1. The van der Waals surface area contributed by atoms with Crippen LogP contribution in [0.1, 0.15) is 13.3 Å². The summed E-state index contributed by atoms with van der Waals surface area (Å²) in [5.41, 5.74) is 0.582. The third-order valence-electron chi connectivity index (χ3n) is 3.78. The van der Waals surface area contributed by atoms with E-state index >= 15 is 0 Å². The van der Waals surface area contributed by atoms with Crippen LogP contribution in [0.3, 0.4) is 0 Å². The molecule has 2 fully saturated rings. The second kappa shape index (κ2) is 6.27. The zero-order valence-electron chi connectivity index (χ0n) is 12.2. The second-order valence-corrected chi connectivity index (χ2v) is 9.53. The lowest BCUT2D eigenvalue weighted by atomic mass is 10.2. The molecule has 124 valence electrons. The van der Waals surface area contributed by atoms with Crippen molar-refractivity contribution in [3.63, 3.8) is 0 Å². The van der Waals surface area contributed by atoms with Crippen molar-refractivity contribution in [2.75, 3.05) is 16.4 Å². The van der Waals surface area contributed by atoms with Gasteiger partial charge in [-0.25, -0.2) is 8.42 Å². The van der Waals surface area contributed by atoms with Crippen molar-refractivity contribution in [1.82, 2.24) is 0 Å². The standard InChI is InChI=1S/C14H14Cl2N2O3S2/c1-2-12(19)17-14-18(9-5-3-4-8(15)13(9)16)10-6-23(20,21)7-11(10)22-14/h3-5,10-11H,2,6-7H2,1H3/t10-,11+/m1/s1. The minimum Gasteiger partial charge on any atom is -0.314 e. The summed E-state index contributed by atoms with van der Waals surface area (Å²) >= 11 is 13.7. The average Bonchev–Trinajstić information content (AvgIpc) is 2.93. The minimum absolute atomic E-state index is 0.0207. The maximum Gasteiger partial charge on any atom is 0.247 e. The molecule has 2 heterocycles. The van der Waals surface area contributed by atoms with Crippen molar-refractivity contribution < 1.29 is 13.2 Å². The van der Waals surface area contributed by atoms with Crippen LogP contribution in [0.5, 0.6) is 0 Å². The van der Waals surface area contributed by atoms with E-state index in [0.29, 0.717) is 20.9 Å². The Morgan fingerprint density at radius 3 is 2.83 bits per heavy atom. The minimum atomic E-state index is -3.11. The molecule has 9 heteroatoms. The molecule has 0 aliphatic carbocycles. The Labute approximate surface area is 149 Å². The lowest BCUT2D eigenvalue weighted by molar-refractivity contribution is -0.117. The van der Waals surface area contributed by atoms with Crippen LogP contribution in [0.4, 0.5) is 5.69 Å². The first kappa shape index (κ1) is 17.1. The maximum absolute atomic E-state index is 12.0. The number of thioether (sulfide) groups is 1. The van der Waals surface area contributed by atoms with Gasteiger partial charge in [-0.2, -0.15) is 4.99 Å². The van der Waals surface area contributed by atoms with Gasteiger partial charge in [0.1, 0.15) is 0 Å². The molecule has 5 nitrogen and oxygen atoms in total. The highest BCUT2D eigenvalue weighted by Gasteiger charge is 2.49. The van der Waals surface area contributed by atoms with Gasteiger partial charge in [-0.1, -0.05) is 48.0 Å². The number of amides is 1. The molecular weight excluding hydrogens is 379 g/mol. The van der Waals surface area contributed by atoms with Crippen LogP contribution >= 0.6 is 35.0 Å². The van der Waals surface area contributed by atoms with Crippen LogP contribution in [-0.4, -0.2) is 42.3 Å². The molecule has 2 saturated heterocycles. The summed E-state index contributed by atoms with van der Waals surface area (Å²) in [6.45, 7) is 1.73. The van der Waals surface area contributed by atoms with Crippen LogP contribution < -0.4 is 4.90 Å². The number of nitrogens with zero attached hydrogens (tertiary/aromatic N) is 2. The third kappa shape index (κ3) is 3.24. The molecule has 2 aliphatic heterocycles. The summed E-state index contributed by atoms with van der Waals surface area (Å²) in [6.07, 6.45) is 0.287. The summed E-state index contributed by atoms with van der Waals surface area (Å²) in [7, 11) is -3.11. The van der Waals surface area contributed by atoms with E-state index in [0.717, 1.165) is 0 Å². The average molecular weight is 393 g/mol. The molecule has 2 atom stereocenters. The number of carbonyl (C=O) groups excluding carboxylic acids is 1. The van der Waals surface area contributed by atoms with Crippen molar-refractivity contribution in [2.45, 2.75) is 24.6 Å². The lowest BCUT2D eigenvalue weighted by Crippen LogP contribution is -2.37. The van der Waals surface area contributed by atoms with E-state index in [1.165, 1.54) is 11.8 Å². The third-order valence-corrected chi connectivity index (χ3v) is 7.80. The van der Waals surface area contributed by atoms with Crippen LogP contribution in [-0.2, 0) is 14.6 Å². The van der Waals surface area contributed by atoms with Crippen molar-refractivity contribution >= 4 is 61.6 Å². The molecule has 0 radical (unpaired) electrons. The van der Waals surface area contributed by atoms with Crippen molar-refractivity contribution in [3.8, 4) is 0 Å².